The quantitative estimate of drug-likeness (QED) is 0.743. The van der Waals surface area contributed by atoms with E-state index in [1.807, 2.05) is 0 Å². The van der Waals surface area contributed by atoms with Crippen molar-refractivity contribution in [1.29, 1.82) is 0 Å². The molecule has 0 fully saturated rings. The third kappa shape index (κ3) is 5.13. The molecule has 2 nitrogen and oxygen atoms in total. The Morgan fingerprint density at radius 3 is 2.41 bits per heavy atom. The van der Waals surface area contributed by atoms with E-state index in [0.29, 0.717) is 12.5 Å². The first kappa shape index (κ1) is 13.9. The number of rotatable bonds is 7. The van der Waals surface area contributed by atoms with E-state index >= 15 is 0 Å². The van der Waals surface area contributed by atoms with Crippen molar-refractivity contribution in [3.8, 4) is 5.75 Å². The lowest BCUT2D eigenvalue weighted by Gasteiger charge is -2.09. The molecule has 0 saturated carbocycles. The Kier molecular flexibility index (Phi) is 5.91. The number of halogens is 2. The molecule has 17 heavy (non-hydrogen) atoms. The van der Waals surface area contributed by atoms with Gasteiger partial charge in [0.25, 0.3) is 0 Å². The van der Waals surface area contributed by atoms with Crippen molar-refractivity contribution >= 4 is 0 Å². The van der Waals surface area contributed by atoms with E-state index < -0.39 is 11.6 Å². The summed E-state index contributed by atoms with van der Waals surface area (Å²) >= 11 is 0. The Morgan fingerprint density at radius 1 is 1.18 bits per heavy atom. The summed E-state index contributed by atoms with van der Waals surface area (Å²) in [6.07, 6.45) is 1.08. The first-order valence-electron chi connectivity index (χ1n) is 5.88. The molecule has 1 aromatic carbocycles. The Morgan fingerprint density at radius 2 is 1.82 bits per heavy atom. The van der Waals surface area contributed by atoms with E-state index in [2.05, 4.69) is 19.2 Å². The van der Waals surface area contributed by atoms with Crippen molar-refractivity contribution in [2.45, 2.75) is 20.3 Å². The van der Waals surface area contributed by atoms with Crippen LogP contribution in [0.1, 0.15) is 20.3 Å². The summed E-state index contributed by atoms with van der Waals surface area (Å²) in [6.45, 7) is 6.02. The van der Waals surface area contributed by atoms with Gasteiger partial charge in [-0.1, -0.05) is 19.9 Å². The highest BCUT2D eigenvalue weighted by Crippen LogP contribution is 2.20. The summed E-state index contributed by atoms with van der Waals surface area (Å²) in [6, 6.07) is 3.69. The Balaban J connectivity index is 2.22. The van der Waals surface area contributed by atoms with Gasteiger partial charge in [-0.25, -0.2) is 8.78 Å². The van der Waals surface area contributed by atoms with Gasteiger partial charge in [-0.15, -0.1) is 0 Å². The zero-order valence-corrected chi connectivity index (χ0v) is 10.3. The molecule has 0 aliphatic heterocycles. The van der Waals surface area contributed by atoms with Gasteiger partial charge < -0.3 is 10.1 Å². The van der Waals surface area contributed by atoms with Crippen LogP contribution in [0.15, 0.2) is 18.2 Å². The fourth-order valence-corrected chi connectivity index (χ4v) is 1.36. The van der Waals surface area contributed by atoms with Gasteiger partial charge in [-0.2, -0.15) is 0 Å². The third-order valence-corrected chi connectivity index (χ3v) is 2.34. The maximum atomic E-state index is 13.1. The fourth-order valence-electron chi connectivity index (χ4n) is 1.36. The minimum absolute atomic E-state index is 0.260. The Hall–Kier alpha value is -1.16. The van der Waals surface area contributed by atoms with Crippen LogP contribution in [0.3, 0.4) is 0 Å². The van der Waals surface area contributed by atoms with Gasteiger partial charge in [0.15, 0.2) is 17.4 Å². The molecule has 1 aromatic rings. The number of nitrogens with one attached hydrogen (secondary N) is 1. The molecule has 96 valence electrons. The van der Waals surface area contributed by atoms with Crippen molar-refractivity contribution in [1.82, 2.24) is 5.32 Å². The Labute approximate surface area is 101 Å². The van der Waals surface area contributed by atoms with Crippen LogP contribution in [-0.2, 0) is 0 Å². The molecular weight excluding hydrogens is 224 g/mol. The van der Waals surface area contributed by atoms with E-state index in [4.69, 9.17) is 4.74 Å². The summed E-state index contributed by atoms with van der Waals surface area (Å²) in [5.74, 6) is -0.968. The molecule has 0 radical (unpaired) electrons. The highest BCUT2D eigenvalue weighted by atomic mass is 19.1. The molecule has 0 amide bonds. The zero-order chi connectivity index (χ0) is 12.7. The van der Waals surface area contributed by atoms with E-state index in [1.54, 1.807) is 0 Å². The fraction of sp³-hybridized carbons (Fsp3) is 0.538. The molecule has 0 aliphatic carbocycles. The van der Waals surface area contributed by atoms with Gasteiger partial charge >= 0.3 is 0 Å². The van der Waals surface area contributed by atoms with Crippen molar-refractivity contribution in [3.63, 3.8) is 0 Å². The minimum atomic E-state index is -0.660. The van der Waals surface area contributed by atoms with Crippen LogP contribution in [0.4, 0.5) is 8.78 Å². The molecular formula is C13H19F2NO. The molecule has 0 aliphatic rings. The normalized spacial score (nSPS) is 10.9. The van der Waals surface area contributed by atoms with Gasteiger partial charge in [-0.05, 0) is 31.0 Å². The first-order valence-corrected chi connectivity index (χ1v) is 5.88. The van der Waals surface area contributed by atoms with Crippen molar-refractivity contribution in [3.05, 3.63) is 29.8 Å². The third-order valence-electron chi connectivity index (χ3n) is 2.34. The lowest BCUT2D eigenvalue weighted by Crippen LogP contribution is -2.23. The van der Waals surface area contributed by atoms with Gasteiger partial charge in [0.05, 0.1) is 0 Å². The van der Waals surface area contributed by atoms with Gasteiger partial charge in [-0.3, -0.25) is 0 Å². The van der Waals surface area contributed by atoms with E-state index in [1.165, 1.54) is 18.2 Å². The number of para-hydroxylation sites is 1. The SMILES string of the molecule is CC(C)CCNCCOc1c(F)cccc1F. The smallest absolute Gasteiger partial charge is 0.190 e. The number of ether oxygens (including phenoxy) is 1. The lowest BCUT2D eigenvalue weighted by molar-refractivity contribution is 0.282. The van der Waals surface area contributed by atoms with Gasteiger partial charge in [0, 0.05) is 6.54 Å². The van der Waals surface area contributed by atoms with Crippen LogP contribution in [-0.4, -0.2) is 19.7 Å². The molecule has 0 heterocycles. The molecule has 0 aromatic heterocycles. The number of hydrogen-bond donors (Lipinski definition) is 1. The molecule has 0 spiro atoms. The predicted octanol–water partition coefficient (Wildman–Crippen LogP) is 2.98. The van der Waals surface area contributed by atoms with E-state index in [0.717, 1.165) is 13.0 Å². The lowest BCUT2D eigenvalue weighted by atomic mass is 10.1. The maximum Gasteiger partial charge on any atom is 0.190 e. The summed E-state index contributed by atoms with van der Waals surface area (Å²) in [4.78, 5) is 0. The zero-order valence-electron chi connectivity index (χ0n) is 10.3. The van der Waals surface area contributed by atoms with Gasteiger partial charge in [0.1, 0.15) is 6.61 Å². The van der Waals surface area contributed by atoms with Crippen molar-refractivity contribution in [2.24, 2.45) is 5.92 Å². The highest BCUT2D eigenvalue weighted by Gasteiger charge is 2.08. The molecule has 1 rings (SSSR count). The molecule has 1 N–H and O–H groups in total. The van der Waals surface area contributed by atoms with Crippen LogP contribution in [0.25, 0.3) is 0 Å². The molecule has 0 unspecified atom stereocenters. The molecule has 0 atom stereocenters. The van der Waals surface area contributed by atoms with Crippen LogP contribution in [0, 0.1) is 17.6 Å². The van der Waals surface area contributed by atoms with Crippen LogP contribution in [0.5, 0.6) is 5.75 Å². The largest absolute Gasteiger partial charge is 0.486 e. The van der Waals surface area contributed by atoms with E-state index in [9.17, 15) is 8.78 Å². The Bertz CT molecular complexity index is 322. The predicted molar refractivity (Wildman–Crippen MR) is 64.2 cm³/mol. The van der Waals surface area contributed by atoms with Crippen LogP contribution in [0.2, 0.25) is 0 Å². The minimum Gasteiger partial charge on any atom is -0.486 e. The van der Waals surface area contributed by atoms with Crippen molar-refractivity contribution in [2.75, 3.05) is 19.7 Å². The summed E-state index contributed by atoms with van der Waals surface area (Å²) in [5.41, 5.74) is 0. The standard InChI is InChI=1S/C13H19F2NO/c1-10(2)6-7-16-8-9-17-13-11(14)4-3-5-12(13)15/h3-5,10,16H,6-9H2,1-2H3. The number of benzene rings is 1. The maximum absolute atomic E-state index is 13.1. The molecule has 0 saturated heterocycles. The molecule has 4 heteroatoms. The van der Waals surface area contributed by atoms with E-state index in [-0.39, 0.29) is 12.4 Å². The molecule has 0 bridgehead atoms. The highest BCUT2D eigenvalue weighted by molar-refractivity contribution is 5.25. The van der Waals surface area contributed by atoms with Crippen LogP contribution < -0.4 is 10.1 Å². The van der Waals surface area contributed by atoms with Gasteiger partial charge in [0.2, 0.25) is 0 Å². The monoisotopic (exact) mass is 243 g/mol. The second kappa shape index (κ2) is 7.22. The topological polar surface area (TPSA) is 21.3 Å². The second-order valence-electron chi connectivity index (χ2n) is 4.33. The summed E-state index contributed by atoms with van der Waals surface area (Å²) < 4.78 is 31.4. The van der Waals surface area contributed by atoms with Crippen LogP contribution >= 0.6 is 0 Å². The second-order valence-corrected chi connectivity index (χ2v) is 4.33. The average molecular weight is 243 g/mol. The average Bonchev–Trinajstić information content (AvgIpc) is 2.26. The first-order chi connectivity index (χ1) is 8.11. The van der Waals surface area contributed by atoms with Crippen molar-refractivity contribution < 1.29 is 13.5 Å². The number of hydrogen-bond acceptors (Lipinski definition) is 2. The summed E-state index contributed by atoms with van der Waals surface area (Å²) in [7, 11) is 0. The summed E-state index contributed by atoms with van der Waals surface area (Å²) in [5, 5.41) is 3.16.